The molecular weight excluding hydrogens is 279 g/mol. The van der Waals surface area contributed by atoms with Gasteiger partial charge in [0.15, 0.2) is 5.78 Å². The van der Waals surface area contributed by atoms with E-state index in [2.05, 4.69) is 6.92 Å². The zero-order valence-electron chi connectivity index (χ0n) is 10.6. The van der Waals surface area contributed by atoms with E-state index in [0.29, 0.717) is 15.6 Å². The fourth-order valence-electron chi connectivity index (χ4n) is 1.89. The fraction of sp³-hybridized carbons (Fsp3) is 0.188. The number of Topliss-reactive ketones (excluding diaryl/α,β-unsaturated/α-hetero) is 1. The van der Waals surface area contributed by atoms with Crippen LogP contribution in [0.1, 0.15) is 28.4 Å². The number of rotatable bonds is 4. The standard InChI is InChI=1S/C16H14Cl2O/c1-2-11-6-8-12(9-7-11)15(19)10-13-4-3-5-14(17)16(13)18/h3-9H,2,10H2,1H3. The first kappa shape index (κ1) is 14.1. The number of hydrogen-bond donors (Lipinski definition) is 0. The summed E-state index contributed by atoms with van der Waals surface area (Å²) in [6.07, 6.45) is 1.24. The minimum Gasteiger partial charge on any atom is -0.294 e. The quantitative estimate of drug-likeness (QED) is 0.726. The smallest absolute Gasteiger partial charge is 0.167 e. The van der Waals surface area contributed by atoms with Gasteiger partial charge in [0.1, 0.15) is 0 Å². The topological polar surface area (TPSA) is 17.1 Å². The fourth-order valence-corrected chi connectivity index (χ4v) is 2.27. The highest BCUT2D eigenvalue weighted by molar-refractivity contribution is 6.42. The molecule has 3 heteroatoms. The predicted molar refractivity (Wildman–Crippen MR) is 80.3 cm³/mol. The maximum absolute atomic E-state index is 12.2. The molecule has 0 aliphatic heterocycles. The van der Waals surface area contributed by atoms with E-state index in [4.69, 9.17) is 23.2 Å². The maximum atomic E-state index is 12.2. The first-order chi connectivity index (χ1) is 9.11. The summed E-state index contributed by atoms with van der Waals surface area (Å²) >= 11 is 12.0. The summed E-state index contributed by atoms with van der Waals surface area (Å²) in [5, 5.41) is 0.941. The van der Waals surface area contributed by atoms with E-state index >= 15 is 0 Å². The lowest BCUT2D eigenvalue weighted by molar-refractivity contribution is 0.0993. The van der Waals surface area contributed by atoms with Crippen LogP contribution in [0.4, 0.5) is 0 Å². The van der Waals surface area contributed by atoms with Crippen LogP contribution in [0.5, 0.6) is 0 Å². The second kappa shape index (κ2) is 6.23. The second-order valence-electron chi connectivity index (χ2n) is 4.36. The van der Waals surface area contributed by atoms with Crippen LogP contribution in [0.2, 0.25) is 10.0 Å². The zero-order valence-corrected chi connectivity index (χ0v) is 12.1. The highest BCUT2D eigenvalue weighted by Crippen LogP contribution is 2.26. The molecule has 19 heavy (non-hydrogen) atoms. The van der Waals surface area contributed by atoms with Gasteiger partial charge in [0.05, 0.1) is 10.0 Å². The van der Waals surface area contributed by atoms with Gasteiger partial charge in [-0.1, -0.05) is 66.5 Å². The Kier molecular flexibility index (Phi) is 4.62. The molecular formula is C16H14Cl2O. The highest BCUT2D eigenvalue weighted by atomic mass is 35.5. The van der Waals surface area contributed by atoms with E-state index in [9.17, 15) is 4.79 Å². The third-order valence-corrected chi connectivity index (χ3v) is 3.92. The SMILES string of the molecule is CCc1ccc(C(=O)Cc2cccc(Cl)c2Cl)cc1. The first-order valence-corrected chi connectivity index (χ1v) is 6.92. The molecule has 0 unspecified atom stereocenters. The molecule has 0 radical (unpaired) electrons. The van der Waals surface area contributed by atoms with E-state index in [1.807, 2.05) is 30.3 Å². The minimum atomic E-state index is 0.0480. The largest absolute Gasteiger partial charge is 0.294 e. The van der Waals surface area contributed by atoms with Crippen LogP contribution >= 0.6 is 23.2 Å². The minimum absolute atomic E-state index is 0.0480. The molecule has 1 nitrogen and oxygen atoms in total. The summed E-state index contributed by atoms with van der Waals surface area (Å²) < 4.78 is 0. The lowest BCUT2D eigenvalue weighted by atomic mass is 10.0. The van der Waals surface area contributed by atoms with E-state index in [-0.39, 0.29) is 12.2 Å². The van der Waals surface area contributed by atoms with Gasteiger partial charge in [-0.2, -0.15) is 0 Å². The van der Waals surface area contributed by atoms with Crippen molar-refractivity contribution in [3.05, 3.63) is 69.2 Å². The molecule has 0 spiro atoms. The number of halogens is 2. The number of carbonyl (C=O) groups excluding carboxylic acids is 1. The van der Waals surface area contributed by atoms with Crippen LogP contribution in [0, 0.1) is 0 Å². The molecule has 0 bridgehead atoms. The van der Waals surface area contributed by atoms with Gasteiger partial charge in [0, 0.05) is 12.0 Å². The Bertz CT molecular complexity index is 588. The molecule has 0 saturated carbocycles. The van der Waals surface area contributed by atoms with E-state index in [1.165, 1.54) is 5.56 Å². The molecule has 2 aromatic carbocycles. The summed E-state index contributed by atoms with van der Waals surface area (Å²) in [5.74, 6) is 0.0480. The third kappa shape index (κ3) is 3.37. The van der Waals surface area contributed by atoms with Crippen LogP contribution in [0.15, 0.2) is 42.5 Å². The van der Waals surface area contributed by atoms with Crippen molar-refractivity contribution in [2.24, 2.45) is 0 Å². The lowest BCUT2D eigenvalue weighted by Crippen LogP contribution is -2.04. The molecule has 0 amide bonds. The Morgan fingerprint density at radius 1 is 1.05 bits per heavy atom. The van der Waals surface area contributed by atoms with Crippen molar-refractivity contribution in [3.8, 4) is 0 Å². The number of hydrogen-bond acceptors (Lipinski definition) is 1. The van der Waals surface area contributed by atoms with Crippen molar-refractivity contribution in [1.82, 2.24) is 0 Å². The average Bonchev–Trinajstić information content (AvgIpc) is 2.44. The Balaban J connectivity index is 2.18. The molecule has 0 heterocycles. The number of ketones is 1. The monoisotopic (exact) mass is 292 g/mol. The predicted octanol–water partition coefficient (Wildman–Crippen LogP) is 4.98. The van der Waals surface area contributed by atoms with Crippen LogP contribution in [0.25, 0.3) is 0 Å². The summed E-state index contributed by atoms with van der Waals surface area (Å²) in [7, 11) is 0. The molecule has 0 fully saturated rings. The second-order valence-corrected chi connectivity index (χ2v) is 5.15. The third-order valence-electron chi connectivity index (χ3n) is 3.07. The van der Waals surface area contributed by atoms with Crippen molar-refractivity contribution in [1.29, 1.82) is 0 Å². The van der Waals surface area contributed by atoms with Gasteiger partial charge in [-0.15, -0.1) is 0 Å². The van der Waals surface area contributed by atoms with Crippen LogP contribution in [-0.4, -0.2) is 5.78 Å². The highest BCUT2D eigenvalue weighted by Gasteiger charge is 2.11. The van der Waals surface area contributed by atoms with E-state index in [0.717, 1.165) is 12.0 Å². The van der Waals surface area contributed by atoms with E-state index in [1.54, 1.807) is 12.1 Å². The number of carbonyl (C=O) groups is 1. The normalized spacial score (nSPS) is 10.5. The molecule has 0 atom stereocenters. The van der Waals surface area contributed by atoms with Crippen molar-refractivity contribution in [2.45, 2.75) is 19.8 Å². The maximum Gasteiger partial charge on any atom is 0.167 e. The van der Waals surface area contributed by atoms with Crippen LogP contribution < -0.4 is 0 Å². The summed E-state index contributed by atoms with van der Waals surface area (Å²) in [5.41, 5.74) is 2.68. The van der Waals surface area contributed by atoms with Crippen molar-refractivity contribution >= 4 is 29.0 Å². The summed E-state index contributed by atoms with van der Waals surface area (Å²) in [4.78, 5) is 12.2. The lowest BCUT2D eigenvalue weighted by Gasteiger charge is -2.06. The molecule has 0 aliphatic rings. The van der Waals surface area contributed by atoms with Gasteiger partial charge in [0.25, 0.3) is 0 Å². The van der Waals surface area contributed by atoms with Gasteiger partial charge in [-0.05, 0) is 23.6 Å². The van der Waals surface area contributed by atoms with Gasteiger partial charge in [-0.3, -0.25) is 4.79 Å². The molecule has 0 N–H and O–H groups in total. The Morgan fingerprint density at radius 3 is 2.37 bits per heavy atom. The molecule has 2 rings (SSSR count). The number of benzene rings is 2. The van der Waals surface area contributed by atoms with Crippen molar-refractivity contribution < 1.29 is 4.79 Å². The summed E-state index contributed by atoms with van der Waals surface area (Å²) in [6, 6.07) is 13.0. The van der Waals surface area contributed by atoms with Gasteiger partial charge in [-0.25, -0.2) is 0 Å². The first-order valence-electron chi connectivity index (χ1n) is 6.17. The molecule has 2 aromatic rings. The van der Waals surface area contributed by atoms with Gasteiger partial charge in [0.2, 0.25) is 0 Å². The van der Waals surface area contributed by atoms with E-state index < -0.39 is 0 Å². The Hall–Kier alpha value is -1.31. The Labute approximate surface area is 123 Å². The Morgan fingerprint density at radius 2 is 1.74 bits per heavy atom. The average molecular weight is 293 g/mol. The van der Waals surface area contributed by atoms with Crippen molar-refractivity contribution in [3.63, 3.8) is 0 Å². The van der Waals surface area contributed by atoms with Crippen LogP contribution in [-0.2, 0) is 12.8 Å². The number of aryl methyl sites for hydroxylation is 1. The van der Waals surface area contributed by atoms with Crippen LogP contribution in [0.3, 0.4) is 0 Å². The molecule has 98 valence electrons. The molecule has 0 saturated heterocycles. The molecule has 0 aromatic heterocycles. The summed E-state index contributed by atoms with van der Waals surface area (Å²) in [6.45, 7) is 2.09. The molecule has 0 aliphatic carbocycles. The van der Waals surface area contributed by atoms with Crippen molar-refractivity contribution in [2.75, 3.05) is 0 Å². The van der Waals surface area contributed by atoms with Gasteiger partial charge >= 0.3 is 0 Å². The zero-order chi connectivity index (χ0) is 13.8. The van der Waals surface area contributed by atoms with Gasteiger partial charge < -0.3 is 0 Å².